The molecule has 0 amide bonds. The normalized spacial score (nSPS) is 12.7. The summed E-state index contributed by atoms with van der Waals surface area (Å²) in [6.07, 6.45) is 0. The van der Waals surface area contributed by atoms with E-state index >= 15 is 0 Å². The van der Waals surface area contributed by atoms with E-state index in [1.807, 2.05) is 0 Å². The van der Waals surface area contributed by atoms with Gasteiger partial charge < -0.3 is 9.47 Å². The lowest BCUT2D eigenvalue weighted by atomic mass is 10.0. The van der Waals surface area contributed by atoms with Crippen LogP contribution in [0.25, 0.3) is 0 Å². The van der Waals surface area contributed by atoms with Gasteiger partial charge in [0.15, 0.2) is 0 Å². The van der Waals surface area contributed by atoms with Gasteiger partial charge >= 0.3 is 0 Å². The first-order valence-corrected chi connectivity index (χ1v) is 5.79. The van der Waals surface area contributed by atoms with E-state index in [1.54, 1.807) is 7.11 Å². The van der Waals surface area contributed by atoms with Gasteiger partial charge in [0, 0.05) is 7.11 Å². The summed E-state index contributed by atoms with van der Waals surface area (Å²) in [5, 5.41) is 0. The van der Waals surface area contributed by atoms with Crippen LogP contribution >= 0.6 is 0 Å². The predicted octanol–water partition coefficient (Wildman–Crippen LogP) is 1.47. The molecule has 0 spiro atoms. The second kappa shape index (κ2) is 7.40. The molecule has 0 saturated carbocycles. The van der Waals surface area contributed by atoms with Crippen LogP contribution in [0, 0.1) is 13.8 Å². The second-order valence-corrected chi connectivity index (χ2v) is 4.13. The molecule has 3 N–H and O–H groups in total. The number of nitrogens with two attached hydrogens (primary N) is 1. The highest BCUT2D eigenvalue weighted by Gasteiger charge is 2.10. The molecule has 1 unspecified atom stereocenters. The van der Waals surface area contributed by atoms with E-state index in [2.05, 4.69) is 37.5 Å². The molecule has 0 aromatic heterocycles. The van der Waals surface area contributed by atoms with Crippen LogP contribution in [0.5, 0.6) is 0 Å². The number of hydrazine groups is 1. The molecular weight excluding hydrogens is 216 g/mol. The van der Waals surface area contributed by atoms with Gasteiger partial charge in [-0.3, -0.25) is 11.3 Å². The van der Waals surface area contributed by atoms with Crippen LogP contribution in [-0.4, -0.2) is 26.9 Å². The van der Waals surface area contributed by atoms with Crippen LogP contribution in [0.3, 0.4) is 0 Å². The average molecular weight is 238 g/mol. The number of hydrogen-bond donors (Lipinski definition) is 2. The fourth-order valence-corrected chi connectivity index (χ4v) is 1.57. The molecule has 1 atom stereocenters. The van der Waals surface area contributed by atoms with Crippen LogP contribution < -0.4 is 11.3 Å². The van der Waals surface area contributed by atoms with E-state index in [-0.39, 0.29) is 6.04 Å². The minimum Gasteiger partial charge on any atom is -0.382 e. The number of nitrogens with one attached hydrogen (secondary N) is 1. The summed E-state index contributed by atoms with van der Waals surface area (Å²) >= 11 is 0. The van der Waals surface area contributed by atoms with Crippen LogP contribution in [0.15, 0.2) is 18.2 Å². The van der Waals surface area contributed by atoms with Gasteiger partial charge in [0.2, 0.25) is 0 Å². The van der Waals surface area contributed by atoms with Gasteiger partial charge in [-0.05, 0) is 30.5 Å². The molecule has 0 heterocycles. The van der Waals surface area contributed by atoms with Gasteiger partial charge in [0.05, 0.1) is 25.9 Å². The topological polar surface area (TPSA) is 56.5 Å². The zero-order valence-corrected chi connectivity index (χ0v) is 10.8. The molecule has 0 fully saturated rings. The summed E-state index contributed by atoms with van der Waals surface area (Å²) in [7, 11) is 1.66. The molecule has 1 aromatic rings. The van der Waals surface area contributed by atoms with E-state index < -0.39 is 0 Å². The van der Waals surface area contributed by atoms with Crippen LogP contribution in [0.4, 0.5) is 0 Å². The minimum absolute atomic E-state index is 0.0196. The van der Waals surface area contributed by atoms with Gasteiger partial charge in [-0.15, -0.1) is 0 Å². The van der Waals surface area contributed by atoms with Crippen molar-refractivity contribution in [2.75, 3.05) is 26.9 Å². The van der Waals surface area contributed by atoms with Gasteiger partial charge in [0.1, 0.15) is 0 Å². The Morgan fingerprint density at radius 3 is 2.59 bits per heavy atom. The lowest BCUT2D eigenvalue weighted by molar-refractivity contribution is 0.0586. The molecule has 0 aliphatic rings. The van der Waals surface area contributed by atoms with E-state index in [1.165, 1.54) is 11.1 Å². The third kappa shape index (κ3) is 4.44. The van der Waals surface area contributed by atoms with Crippen molar-refractivity contribution in [3.63, 3.8) is 0 Å². The SMILES string of the molecule is COCCOCC(NN)c1ccc(C)c(C)c1. The second-order valence-electron chi connectivity index (χ2n) is 4.13. The summed E-state index contributed by atoms with van der Waals surface area (Å²) in [6.45, 7) is 5.92. The monoisotopic (exact) mass is 238 g/mol. The molecule has 1 rings (SSSR count). The molecule has 0 aliphatic heterocycles. The number of aryl methyl sites for hydroxylation is 2. The number of hydrogen-bond acceptors (Lipinski definition) is 4. The maximum absolute atomic E-state index is 5.55. The average Bonchev–Trinajstić information content (AvgIpc) is 2.33. The number of ether oxygens (including phenoxy) is 2. The van der Waals surface area contributed by atoms with Crippen LogP contribution in [-0.2, 0) is 9.47 Å². The lowest BCUT2D eigenvalue weighted by Gasteiger charge is -2.17. The third-order valence-electron chi connectivity index (χ3n) is 2.85. The molecule has 0 saturated heterocycles. The molecule has 0 radical (unpaired) electrons. The van der Waals surface area contributed by atoms with Crippen molar-refractivity contribution in [2.24, 2.45) is 5.84 Å². The van der Waals surface area contributed by atoms with Crippen molar-refractivity contribution in [1.29, 1.82) is 0 Å². The lowest BCUT2D eigenvalue weighted by Crippen LogP contribution is -2.31. The van der Waals surface area contributed by atoms with Crippen molar-refractivity contribution in [3.05, 3.63) is 34.9 Å². The van der Waals surface area contributed by atoms with Gasteiger partial charge in [0.25, 0.3) is 0 Å². The van der Waals surface area contributed by atoms with E-state index in [4.69, 9.17) is 15.3 Å². The highest BCUT2D eigenvalue weighted by molar-refractivity contribution is 5.31. The van der Waals surface area contributed by atoms with Crippen molar-refractivity contribution in [2.45, 2.75) is 19.9 Å². The zero-order valence-electron chi connectivity index (χ0n) is 10.8. The molecule has 0 aliphatic carbocycles. The highest BCUT2D eigenvalue weighted by Crippen LogP contribution is 2.16. The molecule has 0 bridgehead atoms. The summed E-state index contributed by atoms with van der Waals surface area (Å²) in [5.41, 5.74) is 6.47. The Kier molecular flexibility index (Phi) is 6.15. The summed E-state index contributed by atoms with van der Waals surface area (Å²) in [6, 6.07) is 6.34. The highest BCUT2D eigenvalue weighted by atomic mass is 16.5. The largest absolute Gasteiger partial charge is 0.382 e. The fourth-order valence-electron chi connectivity index (χ4n) is 1.57. The first-order valence-electron chi connectivity index (χ1n) is 5.79. The van der Waals surface area contributed by atoms with E-state index in [9.17, 15) is 0 Å². The van der Waals surface area contributed by atoms with Crippen molar-refractivity contribution in [3.8, 4) is 0 Å². The van der Waals surface area contributed by atoms with Crippen molar-refractivity contribution in [1.82, 2.24) is 5.43 Å². The van der Waals surface area contributed by atoms with Gasteiger partial charge in [-0.25, -0.2) is 0 Å². The zero-order chi connectivity index (χ0) is 12.7. The Bertz CT molecular complexity index is 342. The van der Waals surface area contributed by atoms with Crippen LogP contribution in [0.2, 0.25) is 0 Å². The Balaban J connectivity index is 2.56. The molecule has 1 aromatic carbocycles. The van der Waals surface area contributed by atoms with Gasteiger partial charge in [-0.2, -0.15) is 0 Å². The standard InChI is InChI=1S/C13H22N2O2/c1-10-4-5-12(8-11(10)2)13(15-14)9-17-7-6-16-3/h4-5,8,13,15H,6-7,9,14H2,1-3H3. The number of rotatable bonds is 7. The third-order valence-corrected chi connectivity index (χ3v) is 2.85. The van der Waals surface area contributed by atoms with Crippen LogP contribution in [0.1, 0.15) is 22.7 Å². The molecule has 4 heteroatoms. The molecule has 17 heavy (non-hydrogen) atoms. The first-order chi connectivity index (χ1) is 8.19. The molecular formula is C13H22N2O2. The number of methoxy groups -OCH3 is 1. The predicted molar refractivity (Wildman–Crippen MR) is 68.7 cm³/mol. The Labute approximate surface area is 103 Å². The van der Waals surface area contributed by atoms with Gasteiger partial charge in [-0.1, -0.05) is 18.2 Å². The Morgan fingerprint density at radius 2 is 2.00 bits per heavy atom. The fraction of sp³-hybridized carbons (Fsp3) is 0.538. The summed E-state index contributed by atoms with van der Waals surface area (Å²) < 4.78 is 10.4. The quantitative estimate of drug-likeness (QED) is 0.429. The minimum atomic E-state index is 0.0196. The number of benzene rings is 1. The summed E-state index contributed by atoms with van der Waals surface area (Å²) in [5.74, 6) is 5.55. The van der Waals surface area contributed by atoms with Crippen molar-refractivity contribution >= 4 is 0 Å². The first kappa shape index (κ1) is 14.1. The maximum atomic E-state index is 5.55. The molecule has 96 valence electrons. The maximum Gasteiger partial charge on any atom is 0.0701 e. The Morgan fingerprint density at radius 1 is 1.24 bits per heavy atom. The summed E-state index contributed by atoms with van der Waals surface area (Å²) in [4.78, 5) is 0. The molecule has 4 nitrogen and oxygen atoms in total. The smallest absolute Gasteiger partial charge is 0.0701 e. The van der Waals surface area contributed by atoms with E-state index in [0.717, 1.165) is 5.56 Å². The van der Waals surface area contributed by atoms with Crippen molar-refractivity contribution < 1.29 is 9.47 Å². The van der Waals surface area contributed by atoms with E-state index in [0.29, 0.717) is 19.8 Å². The Hall–Kier alpha value is -0.940.